The molecule has 102 valence electrons. The van der Waals surface area contributed by atoms with Gasteiger partial charge in [-0.05, 0) is 23.5 Å². The van der Waals surface area contributed by atoms with Crippen molar-refractivity contribution in [1.29, 1.82) is 0 Å². The van der Waals surface area contributed by atoms with Crippen LogP contribution in [0.15, 0.2) is 24.3 Å². The number of carboxylic acid groups (broad SMARTS) is 1. The average Bonchev–Trinajstić information content (AvgIpc) is 2.72. The third-order valence-electron chi connectivity index (χ3n) is 3.44. The molecule has 0 spiro atoms. The first-order valence-electron chi connectivity index (χ1n) is 6.58. The van der Waals surface area contributed by atoms with Crippen LogP contribution in [0.3, 0.4) is 0 Å². The lowest BCUT2D eigenvalue weighted by atomic mass is 9.90. The van der Waals surface area contributed by atoms with Crippen molar-refractivity contribution in [3.8, 4) is 0 Å². The van der Waals surface area contributed by atoms with Crippen LogP contribution in [0.1, 0.15) is 37.3 Å². The van der Waals surface area contributed by atoms with Crippen molar-refractivity contribution in [2.45, 2.75) is 38.6 Å². The molecule has 1 fully saturated rings. The van der Waals surface area contributed by atoms with E-state index >= 15 is 0 Å². The SMILES string of the molecule is CC(C)Cc1ccc(C2CC(=O)NC2C(=O)O)cc1. The smallest absolute Gasteiger partial charge is 0.326 e. The maximum atomic E-state index is 11.4. The van der Waals surface area contributed by atoms with Gasteiger partial charge in [0.25, 0.3) is 0 Å². The molecular weight excluding hydrogens is 242 g/mol. The molecule has 1 aliphatic rings. The Kier molecular flexibility index (Phi) is 3.88. The second-order valence-electron chi connectivity index (χ2n) is 5.53. The van der Waals surface area contributed by atoms with E-state index in [4.69, 9.17) is 5.11 Å². The summed E-state index contributed by atoms with van der Waals surface area (Å²) in [6.45, 7) is 4.32. The summed E-state index contributed by atoms with van der Waals surface area (Å²) in [5.74, 6) is -0.837. The maximum Gasteiger partial charge on any atom is 0.326 e. The van der Waals surface area contributed by atoms with Gasteiger partial charge >= 0.3 is 5.97 Å². The first-order chi connectivity index (χ1) is 8.97. The molecule has 0 saturated carbocycles. The van der Waals surface area contributed by atoms with Crippen molar-refractivity contribution < 1.29 is 14.7 Å². The van der Waals surface area contributed by atoms with E-state index in [1.807, 2.05) is 24.3 Å². The lowest BCUT2D eigenvalue weighted by molar-refractivity contribution is -0.140. The molecule has 1 heterocycles. The number of aliphatic carboxylic acids is 1. The number of carbonyl (C=O) groups excluding carboxylic acids is 1. The summed E-state index contributed by atoms with van der Waals surface area (Å²) in [5.41, 5.74) is 2.15. The molecule has 2 unspecified atom stereocenters. The highest BCUT2D eigenvalue weighted by Gasteiger charge is 2.38. The lowest BCUT2D eigenvalue weighted by Gasteiger charge is -2.15. The highest BCUT2D eigenvalue weighted by molar-refractivity contribution is 5.89. The number of nitrogens with one attached hydrogen (secondary N) is 1. The molecule has 0 aliphatic carbocycles. The van der Waals surface area contributed by atoms with Crippen molar-refractivity contribution in [2.24, 2.45) is 5.92 Å². The Bertz CT molecular complexity index is 479. The second-order valence-corrected chi connectivity index (χ2v) is 5.53. The minimum atomic E-state index is -0.970. The molecule has 2 atom stereocenters. The van der Waals surface area contributed by atoms with Crippen molar-refractivity contribution in [2.75, 3.05) is 0 Å². The molecule has 1 amide bonds. The zero-order chi connectivity index (χ0) is 14.0. The van der Waals surface area contributed by atoms with Gasteiger partial charge in [0.05, 0.1) is 0 Å². The number of benzene rings is 1. The summed E-state index contributed by atoms with van der Waals surface area (Å²) < 4.78 is 0. The monoisotopic (exact) mass is 261 g/mol. The van der Waals surface area contributed by atoms with Gasteiger partial charge in [-0.25, -0.2) is 4.79 Å². The van der Waals surface area contributed by atoms with E-state index in [1.54, 1.807) is 0 Å². The predicted octanol–water partition coefficient (Wildman–Crippen LogP) is 1.94. The number of hydrogen-bond acceptors (Lipinski definition) is 2. The Hall–Kier alpha value is -1.84. The van der Waals surface area contributed by atoms with Crippen molar-refractivity contribution in [3.05, 3.63) is 35.4 Å². The molecular formula is C15H19NO3. The molecule has 19 heavy (non-hydrogen) atoms. The Morgan fingerprint density at radius 1 is 1.37 bits per heavy atom. The summed E-state index contributed by atoms with van der Waals surface area (Å²) >= 11 is 0. The Morgan fingerprint density at radius 2 is 2.00 bits per heavy atom. The largest absolute Gasteiger partial charge is 0.480 e. The van der Waals surface area contributed by atoms with Crippen LogP contribution >= 0.6 is 0 Å². The van der Waals surface area contributed by atoms with E-state index in [9.17, 15) is 9.59 Å². The van der Waals surface area contributed by atoms with Crippen LogP contribution in [0.5, 0.6) is 0 Å². The van der Waals surface area contributed by atoms with E-state index < -0.39 is 12.0 Å². The molecule has 1 aromatic rings. The van der Waals surface area contributed by atoms with Gasteiger partial charge in [0.2, 0.25) is 5.91 Å². The molecule has 1 aromatic carbocycles. The third-order valence-corrected chi connectivity index (χ3v) is 3.44. The molecule has 4 heteroatoms. The zero-order valence-electron chi connectivity index (χ0n) is 11.2. The first-order valence-corrected chi connectivity index (χ1v) is 6.58. The summed E-state index contributed by atoms with van der Waals surface area (Å²) in [6.07, 6.45) is 1.25. The quantitative estimate of drug-likeness (QED) is 0.870. The number of carboxylic acids is 1. The number of amides is 1. The fourth-order valence-corrected chi connectivity index (χ4v) is 2.57. The van der Waals surface area contributed by atoms with Crippen LogP contribution in [0.2, 0.25) is 0 Å². The molecule has 4 nitrogen and oxygen atoms in total. The highest BCUT2D eigenvalue weighted by Crippen LogP contribution is 2.29. The van der Waals surface area contributed by atoms with Gasteiger partial charge in [0.15, 0.2) is 0 Å². The van der Waals surface area contributed by atoms with Crippen LogP contribution in [-0.2, 0) is 16.0 Å². The fourth-order valence-electron chi connectivity index (χ4n) is 2.57. The van der Waals surface area contributed by atoms with Gasteiger partial charge < -0.3 is 10.4 Å². The molecule has 2 N–H and O–H groups in total. The van der Waals surface area contributed by atoms with Gasteiger partial charge in [-0.15, -0.1) is 0 Å². The summed E-state index contributed by atoms with van der Waals surface area (Å²) in [5, 5.41) is 11.6. The van der Waals surface area contributed by atoms with Gasteiger partial charge in [0, 0.05) is 12.3 Å². The van der Waals surface area contributed by atoms with Gasteiger partial charge in [0.1, 0.15) is 6.04 Å². The van der Waals surface area contributed by atoms with Crippen LogP contribution in [0, 0.1) is 5.92 Å². The normalized spacial score (nSPS) is 22.6. The van der Waals surface area contributed by atoms with E-state index in [-0.39, 0.29) is 18.2 Å². The molecule has 2 rings (SSSR count). The highest BCUT2D eigenvalue weighted by atomic mass is 16.4. The van der Waals surface area contributed by atoms with E-state index in [2.05, 4.69) is 19.2 Å². The van der Waals surface area contributed by atoms with Crippen LogP contribution in [-0.4, -0.2) is 23.0 Å². The lowest BCUT2D eigenvalue weighted by Crippen LogP contribution is -2.36. The van der Waals surface area contributed by atoms with Crippen LogP contribution in [0.4, 0.5) is 0 Å². The van der Waals surface area contributed by atoms with Gasteiger partial charge in [-0.2, -0.15) is 0 Å². The van der Waals surface area contributed by atoms with Crippen LogP contribution in [0.25, 0.3) is 0 Å². The average molecular weight is 261 g/mol. The zero-order valence-corrected chi connectivity index (χ0v) is 11.2. The third kappa shape index (κ3) is 3.13. The summed E-state index contributed by atoms with van der Waals surface area (Å²) in [7, 11) is 0. The minimum absolute atomic E-state index is 0.191. The van der Waals surface area contributed by atoms with E-state index in [0.29, 0.717) is 5.92 Å². The van der Waals surface area contributed by atoms with Crippen molar-refractivity contribution >= 4 is 11.9 Å². The van der Waals surface area contributed by atoms with Gasteiger partial charge in [-0.1, -0.05) is 38.1 Å². The first kappa shape index (κ1) is 13.6. The van der Waals surface area contributed by atoms with Gasteiger partial charge in [-0.3, -0.25) is 4.79 Å². The molecule has 0 bridgehead atoms. The Balaban J connectivity index is 2.17. The van der Waals surface area contributed by atoms with Crippen LogP contribution < -0.4 is 5.32 Å². The molecule has 0 aromatic heterocycles. The molecule has 1 saturated heterocycles. The standard InChI is InChI=1S/C15H19NO3/c1-9(2)7-10-3-5-11(6-4-10)12-8-13(17)16-14(12)15(18)19/h3-6,9,12,14H,7-8H2,1-2H3,(H,16,17)(H,18,19). The maximum absolute atomic E-state index is 11.4. The Labute approximate surface area is 112 Å². The molecule has 0 radical (unpaired) electrons. The summed E-state index contributed by atoms with van der Waals surface area (Å²) in [4.78, 5) is 22.5. The van der Waals surface area contributed by atoms with Crippen molar-refractivity contribution in [3.63, 3.8) is 0 Å². The predicted molar refractivity (Wildman–Crippen MR) is 71.9 cm³/mol. The summed E-state index contributed by atoms with van der Waals surface area (Å²) in [6, 6.07) is 7.13. The topological polar surface area (TPSA) is 66.4 Å². The second kappa shape index (κ2) is 5.43. The number of carbonyl (C=O) groups is 2. The van der Waals surface area contributed by atoms with E-state index in [0.717, 1.165) is 12.0 Å². The van der Waals surface area contributed by atoms with E-state index in [1.165, 1.54) is 5.56 Å². The molecule has 1 aliphatic heterocycles. The fraction of sp³-hybridized carbons (Fsp3) is 0.467. The number of hydrogen-bond donors (Lipinski definition) is 2. The minimum Gasteiger partial charge on any atom is -0.480 e. The van der Waals surface area contributed by atoms with Crippen molar-refractivity contribution in [1.82, 2.24) is 5.32 Å². The Morgan fingerprint density at radius 3 is 2.53 bits per heavy atom. The number of rotatable bonds is 4.